The molecule has 0 aliphatic rings. The SMILES string of the molecule is Cc1cc(F)cc(Nc2nnc(CN)o2)c1. The maximum Gasteiger partial charge on any atom is 0.320 e. The van der Waals surface area contributed by atoms with E-state index in [1.807, 2.05) is 0 Å². The zero-order chi connectivity index (χ0) is 11.5. The molecule has 1 aromatic heterocycles. The first-order chi connectivity index (χ1) is 7.67. The van der Waals surface area contributed by atoms with Gasteiger partial charge in [0.15, 0.2) is 0 Å². The smallest absolute Gasteiger partial charge is 0.320 e. The second-order valence-corrected chi connectivity index (χ2v) is 3.35. The van der Waals surface area contributed by atoms with Crippen molar-refractivity contribution in [3.05, 3.63) is 35.5 Å². The van der Waals surface area contributed by atoms with E-state index in [1.165, 1.54) is 12.1 Å². The third-order valence-electron chi connectivity index (χ3n) is 1.93. The Bertz CT molecular complexity index is 477. The van der Waals surface area contributed by atoms with Crippen LogP contribution < -0.4 is 11.1 Å². The van der Waals surface area contributed by atoms with Crippen LogP contribution >= 0.6 is 0 Å². The second kappa shape index (κ2) is 4.28. The fraction of sp³-hybridized carbons (Fsp3) is 0.200. The van der Waals surface area contributed by atoms with Gasteiger partial charge in [0.25, 0.3) is 0 Å². The lowest BCUT2D eigenvalue weighted by atomic mass is 10.2. The number of nitrogens with one attached hydrogen (secondary N) is 1. The molecule has 0 fully saturated rings. The van der Waals surface area contributed by atoms with Crippen molar-refractivity contribution in [2.24, 2.45) is 5.73 Å². The van der Waals surface area contributed by atoms with Crippen molar-refractivity contribution in [1.82, 2.24) is 10.2 Å². The molecule has 0 radical (unpaired) electrons. The largest absolute Gasteiger partial charge is 0.406 e. The summed E-state index contributed by atoms with van der Waals surface area (Å²) in [4.78, 5) is 0. The average molecular weight is 222 g/mol. The van der Waals surface area contributed by atoms with Crippen LogP contribution in [0, 0.1) is 12.7 Å². The third kappa shape index (κ3) is 2.34. The summed E-state index contributed by atoms with van der Waals surface area (Å²) in [6.07, 6.45) is 0. The topological polar surface area (TPSA) is 77.0 Å². The van der Waals surface area contributed by atoms with Crippen molar-refractivity contribution < 1.29 is 8.81 Å². The molecule has 0 aliphatic heterocycles. The van der Waals surface area contributed by atoms with Gasteiger partial charge in [0.1, 0.15) is 5.82 Å². The van der Waals surface area contributed by atoms with E-state index in [2.05, 4.69) is 15.5 Å². The molecule has 0 bridgehead atoms. The number of nitrogens with zero attached hydrogens (tertiary/aromatic N) is 2. The number of anilines is 2. The summed E-state index contributed by atoms with van der Waals surface area (Å²) in [6, 6.07) is 4.75. The van der Waals surface area contributed by atoms with Gasteiger partial charge in [-0.15, -0.1) is 5.10 Å². The number of rotatable bonds is 3. The van der Waals surface area contributed by atoms with E-state index in [4.69, 9.17) is 10.2 Å². The summed E-state index contributed by atoms with van der Waals surface area (Å²) >= 11 is 0. The summed E-state index contributed by atoms with van der Waals surface area (Å²) in [6.45, 7) is 1.98. The second-order valence-electron chi connectivity index (χ2n) is 3.35. The normalized spacial score (nSPS) is 10.4. The molecule has 0 amide bonds. The minimum atomic E-state index is -0.318. The Labute approximate surface area is 91.5 Å². The Morgan fingerprint density at radius 2 is 2.19 bits per heavy atom. The monoisotopic (exact) mass is 222 g/mol. The minimum Gasteiger partial charge on any atom is -0.406 e. The highest BCUT2D eigenvalue weighted by atomic mass is 19.1. The quantitative estimate of drug-likeness (QED) is 0.826. The predicted molar refractivity (Wildman–Crippen MR) is 56.6 cm³/mol. The van der Waals surface area contributed by atoms with Gasteiger partial charge >= 0.3 is 6.01 Å². The number of benzene rings is 1. The van der Waals surface area contributed by atoms with Crippen LogP contribution in [-0.4, -0.2) is 10.2 Å². The fourth-order valence-corrected chi connectivity index (χ4v) is 1.32. The first kappa shape index (κ1) is 10.6. The van der Waals surface area contributed by atoms with Gasteiger partial charge in [-0.1, -0.05) is 5.10 Å². The van der Waals surface area contributed by atoms with Crippen molar-refractivity contribution in [3.8, 4) is 0 Å². The standard InChI is InChI=1S/C10H11FN4O/c1-6-2-7(11)4-8(3-6)13-10-15-14-9(5-12)16-10/h2-4H,5,12H2,1H3,(H,13,15). The summed E-state index contributed by atoms with van der Waals surface area (Å²) < 4.78 is 18.2. The molecule has 1 aromatic carbocycles. The third-order valence-corrected chi connectivity index (χ3v) is 1.93. The van der Waals surface area contributed by atoms with Gasteiger partial charge in [0, 0.05) is 5.69 Å². The Morgan fingerprint density at radius 3 is 2.81 bits per heavy atom. The van der Waals surface area contributed by atoms with Gasteiger partial charge in [0.2, 0.25) is 5.89 Å². The van der Waals surface area contributed by atoms with Crippen molar-refractivity contribution in [2.45, 2.75) is 13.5 Å². The molecular weight excluding hydrogens is 211 g/mol. The van der Waals surface area contributed by atoms with Gasteiger partial charge in [-0.3, -0.25) is 0 Å². The van der Waals surface area contributed by atoms with E-state index in [-0.39, 0.29) is 18.4 Å². The maximum absolute atomic E-state index is 13.1. The van der Waals surface area contributed by atoms with E-state index in [1.54, 1.807) is 13.0 Å². The van der Waals surface area contributed by atoms with E-state index in [0.717, 1.165) is 5.56 Å². The Morgan fingerprint density at radius 1 is 1.38 bits per heavy atom. The zero-order valence-corrected chi connectivity index (χ0v) is 8.70. The number of nitrogens with two attached hydrogens (primary N) is 1. The highest BCUT2D eigenvalue weighted by Crippen LogP contribution is 2.18. The molecule has 16 heavy (non-hydrogen) atoms. The average Bonchev–Trinajstić information content (AvgIpc) is 2.64. The molecule has 0 aliphatic carbocycles. The van der Waals surface area contributed by atoms with E-state index in [0.29, 0.717) is 11.6 Å². The van der Waals surface area contributed by atoms with E-state index in [9.17, 15) is 4.39 Å². The van der Waals surface area contributed by atoms with Crippen molar-refractivity contribution in [1.29, 1.82) is 0 Å². The zero-order valence-electron chi connectivity index (χ0n) is 8.70. The summed E-state index contributed by atoms with van der Waals surface area (Å²) in [5.74, 6) is 0.0108. The molecule has 3 N–H and O–H groups in total. The first-order valence-electron chi connectivity index (χ1n) is 4.74. The molecule has 5 nitrogen and oxygen atoms in total. The number of halogens is 1. The molecule has 84 valence electrons. The van der Waals surface area contributed by atoms with Gasteiger partial charge < -0.3 is 15.5 Å². The molecule has 1 heterocycles. The Balaban J connectivity index is 2.19. The van der Waals surface area contributed by atoms with E-state index < -0.39 is 0 Å². The van der Waals surface area contributed by atoms with E-state index >= 15 is 0 Å². The maximum atomic E-state index is 13.1. The van der Waals surface area contributed by atoms with Gasteiger partial charge in [-0.2, -0.15) is 0 Å². The van der Waals surface area contributed by atoms with Crippen LogP contribution in [0.15, 0.2) is 22.6 Å². The van der Waals surface area contributed by atoms with Crippen molar-refractivity contribution in [3.63, 3.8) is 0 Å². The Kier molecular flexibility index (Phi) is 2.82. The predicted octanol–water partition coefficient (Wildman–Crippen LogP) is 1.72. The van der Waals surface area contributed by atoms with Crippen LogP contribution in [0.2, 0.25) is 0 Å². The lowest BCUT2D eigenvalue weighted by Gasteiger charge is -2.02. The highest BCUT2D eigenvalue weighted by molar-refractivity contribution is 5.53. The molecule has 0 spiro atoms. The van der Waals surface area contributed by atoms with Crippen LogP contribution in [0.5, 0.6) is 0 Å². The lowest BCUT2D eigenvalue weighted by Crippen LogP contribution is -1.95. The number of hydrogen-bond acceptors (Lipinski definition) is 5. The number of hydrogen-bond donors (Lipinski definition) is 2. The molecule has 2 rings (SSSR count). The molecule has 0 unspecified atom stereocenters. The van der Waals surface area contributed by atoms with Crippen LogP contribution in [0.4, 0.5) is 16.1 Å². The van der Waals surface area contributed by atoms with Gasteiger partial charge in [0.05, 0.1) is 6.54 Å². The lowest BCUT2D eigenvalue weighted by molar-refractivity contribution is 0.511. The van der Waals surface area contributed by atoms with Gasteiger partial charge in [-0.25, -0.2) is 4.39 Å². The van der Waals surface area contributed by atoms with Crippen molar-refractivity contribution >= 4 is 11.7 Å². The summed E-state index contributed by atoms with van der Waals surface area (Å²) in [5.41, 5.74) is 6.69. The number of aryl methyl sites for hydroxylation is 1. The Hall–Kier alpha value is -1.95. The molecule has 0 saturated carbocycles. The molecule has 2 aromatic rings. The van der Waals surface area contributed by atoms with Crippen LogP contribution in [-0.2, 0) is 6.54 Å². The van der Waals surface area contributed by atoms with Gasteiger partial charge in [-0.05, 0) is 30.7 Å². The molecule has 6 heteroatoms. The minimum absolute atomic E-state index is 0.177. The van der Waals surface area contributed by atoms with Crippen LogP contribution in [0.1, 0.15) is 11.5 Å². The van der Waals surface area contributed by atoms with Crippen LogP contribution in [0.25, 0.3) is 0 Å². The van der Waals surface area contributed by atoms with Crippen LogP contribution in [0.3, 0.4) is 0 Å². The fourth-order valence-electron chi connectivity index (χ4n) is 1.32. The summed E-state index contributed by atoms with van der Waals surface area (Å²) in [7, 11) is 0. The van der Waals surface area contributed by atoms with Crippen molar-refractivity contribution in [2.75, 3.05) is 5.32 Å². The number of aromatic nitrogens is 2. The molecule has 0 saturated heterocycles. The molecule has 0 atom stereocenters. The molecular formula is C10H11FN4O. The first-order valence-corrected chi connectivity index (χ1v) is 4.74. The highest BCUT2D eigenvalue weighted by Gasteiger charge is 2.05. The summed E-state index contributed by atoms with van der Waals surface area (Å²) in [5, 5.41) is 10.2.